The molecule has 2 rings (SSSR count). The zero-order valence-electron chi connectivity index (χ0n) is 8.11. The summed E-state index contributed by atoms with van der Waals surface area (Å²) in [5, 5.41) is 0. The van der Waals surface area contributed by atoms with Crippen molar-refractivity contribution in [2.45, 2.75) is 52.9 Å². The Hall–Kier alpha value is 0. The van der Waals surface area contributed by atoms with Gasteiger partial charge in [0.05, 0.1) is 0 Å². The molecule has 2 aliphatic carbocycles. The minimum Gasteiger partial charge on any atom is -0.0625 e. The van der Waals surface area contributed by atoms with Gasteiger partial charge in [-0.05, 0) is 48.9 Å². The number of hydrogen-bond acceptors (Lipinski definition) is 0. The maximum Gasteiger partial charge on any atom is -0.0289 e. The Bertz CT molecular complexity index is 157. The van der Waals surface area contributed by atoms with Crippen molar-refractivity contribution in [3.05, 3.63) is 0 Å². The molecule has 2 aliphatic rings. The summed E-state index contributed by atoms with van der Waals surface area (Å²) in [5.74, 6) is 0.987. The summed E-state index contributed by atoms with van der Waals surface area (Å²) in [6.45, 7) is 7.33. The molecule has 0 heteroatoms. The van der Waals surface area contributed by atoms with Crippen molar-refractivity contribution in [3.63, 3.8) is 0 Å². The summed E-state index contributed by atoms with van der Waals surface area (Å²) < 4.78 is 0. The fourth-order valence-corrected chi connectivity index (χ4v) is 3.47. The number of rotatable bonds is 0. The van der Waals surface area contributed by atoms with Crippen molar-refractivity contribution in [1.82, 2.24) is 0 Å². The fraction of sp³-hybridized carbons (Fsp3) is 1.00. The first kappa shape index (κ1) is 7.64. The average molecular weight is 152 g/mol. The molecule has 1 unspecified atom stereocenters. The van der Waals surface area contributed by atoms with Gasteiger partial charge in [0.15, 0.2) is 0 Å². The second kappa shape index (κ2) is 2.02. The van der Waals surface area contributed by atoms with Crippen LogP contribution < -0.4 is 0 Å². The van der Waals surface area contributed by atoms with E-state index in [2.05, 4.69) is 20.8 Å². The Kier molecular flexibility index (Phi) is 1.41. The highest BCUT2D eigenvalue weighted by atomic mass is 14.5. The first-order valence-electron chi connectivity index (χ1n) is 5.02. The van der Waals surface area contributed by atoms with E-state index in [1.165, 1.54) is 32.1 Å². The van der Waals surface area contributed by atoms with Gasteiger partial charge in [0.25, 0.3) is 0 Å². The van der Waals surface area contributed by atoms with Gasteiger partial charge < -0.3 is 0 Å². The molecule has 0 radical (unpaired) electrons. The van der Waals surface area contributed by atoms with Gasteiger partial charge in [-0.2, -0.15) is 0 Å². The van der Waals surface area contributed by atoms with Crippen LogP contribution in [-0.2, 0) is 0 Å². The quantitative estimate of drug-likeness (QED) is 0.497. The molecule has 0 aromatic rings. The molecule has 0 saturated heterocycles. The molecular formula is C11H20. The van der Waals surface area contributed by atoms with Crippen LogP contribution in [0.4, 0.5) is 0 Å². The van der Waals surface area contributed by atoms with E-state index in [0.29, 0.717) is 5.41 Å². The Morgan fingerprint density at radius 1 is 1.09 bits per heavy atom. The van der Waals surface area contributed by atoms with Crippen molar-refractivity contribution >= 4 is 0 Å². The topological polar surface area (TPSA) is 0 Å². The van der Waals surface area contributed by atoms with E-state index < -0.39 is 0 Å². The first-order chi connectivity index (χ1) is 5.02. The lowest BCUT2D eigenvalue weighted by Gasteiger charge is -2.39. The van der Waals surface area contributed by atoms with Gasteiger partial charge in [-0.3, -0.25) is 0 Å². The SMILES string of the molecule is CC1CC(C)(C)CC2(CC2)C1. The molecule has 1 atom stereocenters. The predicted octanol–water partition coefficient (Wildman–Crippen LogP) is 3.61. The highest BCUT2D eigenvalue weighted by Gasteiger charge is 2.50. The van der Waals surface area contributed by atoms with Crippen LogP contribution in [0.25, 0.3) is 0 Å². The van der Waals surface area contributed by atoms with Crippen LogP contribution in [0.3, 0.4) is 0 Å². The molecule has 0 amide bonds. The van der Waals surface area contributed by atoms with Gasteiger partial charge in [-0.25, -0.2) is 0 Å². The monoisotopic (exact) mass is 152 g/mol. The molecule has 64 valence electrons. The predicted molar refractivity (Wildman–Crippen MR) is 48.5 cm³/mol. The maximum absolute atomic E-state index is 2.45. The van der Waals surface area contributed by atoms with Crippen molar-refractivity contribution in [2.24, 2.45) is 16.7 Å². The third kappa shape index (κ3) is 1.45. The lowest BCUT2D eigenvalue weighted by molar-refractivity contribution is 0.118. The molecule has 0 N–H and O–H groups in total. The summed E-state index contributed by atoms with van der Waals surface area (Å²) >= 11 is 0. The van der Waals surface area contributed by atoms with Gasteiger partial charge in [-0.15, -0.1) is 0 Å². The highest BCUT2D eigenvalue weighted by Crippen LogP contribution is 2.62. The molecule has 0 aromatic carbocycles. The zero-order valence-corrected chi connectivity index (χ0v) is 8.11. The van der Waals surface area contributed by atoms with Crippen LogP contribution in [0.2, 0.25) is 0 Å². The van der Waals surface area contributed by atoms with Gasteiger partial charge in [0.2, 0.25) is 0 Å². The van der Waals surface area contributed by atoms with Crippen LogP contribution in [0.1, 0.15) is 52.9 Å². The third-order valence-corrected chi connectivity index (χ3v) is 3.49. The molecule has 2 saturated carbocycles. The molecule has 0 aromatic heterocycles. The highest BCUT2D eigenvalue weighted by molar-refractivity contribution is 5.01. The lowest BCUT2D eigenvalue weighted by atomic mass is 9.66. The van der Waals surface area contributed by atoms with Crippen LogP contribution in [0.15, 0.2) is 0 Å². The van der Waals surface area contributed by atoms with E-state index in [0.717, 1.165) is 11.3 Å². The summed E-state index contributed by atoms with van der Waals surface area (Å²) in [4.78, 5) is 0. The first-order valence-corrected chi connectivity index (χ1v) is 5.02. The fourth-order valence-electron chi connectivity index (χ4n) is 3.47. The molecule has 0 nitrogen and oxygen atoms in total. The van der Waals surface area contributed by atoms with E-state index in [-0.39, 0.29) is 0 Å². The molecule has 2 fully saturated rings. The standard InChI is InChI=1S/C11H20/c1-9-6-10(2,3)8-11(7-9)4-5-11/h9H,4-8H2,1-3H3. The lowest BCUT2D eigenvalue weighted by Crippen LogP contribution is -2.28. The minimum absolute atomic E-state index is 0.647. The second-order valence-corrected chi connectivity index (χ2v) is 5.85. The molecule has 11 heavy (non-hydrogen) atoms. The molecule has 0 aliphatic heterocycles. The Labute approximate surface area is 70.4 Å². The average Bonchev–Trinajstić information content (AvgIpc) is 2.41. The van der Waals surface area contributed by atoms with Gasteiger partial charge in [0, 0.05) is 0 Å². The molecule has 0 bridgehead atoms. The van der Waals surface area contributed by atoms with Crippen LogP contribution in [-0.4, -0.2) is 0 Å². The van der Waals surface area contributed by atoms with Crippen molar-refractivity contribution in [1.29, 1.82) is 0 Å². The molecular weight excluding hydrogens is 132 g/mol. The smallest absolute Gasteiger partial charge is 0.0289 e. The van der Waals surface area contributed by atoms with Gasteiger partial charge in [0.1, 0.15) is 0 Å². The Morgan fingerprint density at radius 3 is 2.18 bits per heavy atom. The van der Waals surface area contributed by atoms with Crippen LogP contribution in [0.5, 0.6) is 0 Å². The van der Waals surface area contributed by atoms with E-state index in [1.807, 2.05) is 0 Å². The summed E-state index contributed by atoms with van der Waals surface area (Å²) in [6, 6.07) is 0. The Morgan fingerprint density at radius 2 is 1.73 bits per heavy atom. The van der Waals surface area contributed by atoms with E-state index in [4.69, 9.17) is 0 Å². The second-order valence-electron chi connectivity index (χ2n) is 5.85. The van der Waals surface area contributed by atoms with E-state index in [1.54, 1.807) is 0 Å². The largest absolute Gasteiger partial charge is 0.0625 e. The third-order valence-electron chi connectivity index (χ3n) is 3.49. The normalized spacial score (nSPS) is 39.0. The number of hydrogen-bond donors (Lipinski definition) is 0. The van der Waals surface area contributed by atoms with Gasteiger partial charge >= 0.3 is 0 Å². The van der Waals surface area contributed by atoms with Crippen LogP contribution >= 0.6 is 0 Å². The van der Waals surface area contributed by atoms with Crippen molar-refractivity contribution in [3.8, 4) is 0 Å². The molecule has 1 spiro atoms. The summed E-state index contributed by atoms with van der Waals surface area (Å²) in [5.41, 5.74) is 1.48. The summed E-state index contributed by atoms with van der Waals surface area (Å²) in [7, 11) is 0. The maximum atomic E-state index is 2.45. The van der Waals surface area contributed by atoms with Crippen LogP contribution in [0, 0.1) is 16.7 Å². The van der Waals surface area contributed by atoms with Crippen molar-refractivity contribution < 1.29 is 0 Å². The minimum atomic E-state index is 0.647. The van der Waals surface area contributed by atoms with E-state index >= 15 is 0 Å². The zero-order chi connectivity index (χ0) is 8.11. The van der Waals surface area contributed by atoms with Crippen molar-refractivity contribution in [2.75, 3.05) is 0 Å². The molecule has 0 heterocycles. The van der Waals surface area contributed by atoms with E-state index in [9.17, 15) is 0 Å². The Balaban J connectivity index is 2.09. The summed E-state index contributed by atoms with van der Waals surface area (Å²) in [6.07, 6.45) is 7.54. The van der Waals surface area contributed by atoms with Gasteiger partial charge in [-0.1, -0.05) is 20.8 Å².